The highest BCUT2D eigenvalue weighted by molar-refractivity contribution is 9.10. The first-order valence-electron chi connectivity index (χ1n) is 10.6. The monoisotopic (exact) mass is 472 g/mol. The number of benzene rings is 3. The van der Waals surface area contributed by atoms with Gasteiger partial charge in [-0.1, -0.05) is 42.0 Å². The summed E-state index contributed by atoms with van der Waals surface area (Å²) in [6, 6.07) is 21.6. The molecule has 2 aliphatic rings. The van der Waals surface area contributed by atoms with Crippen molar-refractivity contribution >= 4 is 33.5 Å². The van der Waals surface area contributed by atoms with Gasteiger partial charge in [0.05, 0.1) is 23.3 Å². The normalized spacial score (nSPS) is 21.6. The number of rotatable bonds is 4. The number of fused-ring (bicyclic) bond motifs is 3. The van der Waals surface area contributed by atoms with E-state index >= 15 is 0 Å². The first kappa shape index (κ1) is 20.1. The summed E-state index contributed by atoms with van der Waals surface area (Å²) in [4.78, 5) is 4.65. The third kappa shape index (κ3) is 3.92. The van der Waals surface area contributed by atoms with E-state index in [0.717, 1.165) is 27.9 Å². The lowest BCUT2D eigenvalue weighted by molar-refractivity contribution is 0.412. The molecule has 4 heteroatoms. The van der Waals surface area contributed by atoms with Crippen molar-refractivity contribution in [2.45, 2.75) is 25.3 Å². The molecule has 1 aliphatic heterocycles. The molecule has 1 N–H and O–H groups in total. The fraction of sp³-hybridized carbons (Fsp3) is 0.222. The molecule has 31 heavy (non-hydrogen) atoms. The van der Waals surface area contributed by atoms with Gasteiger partial charge < -0.3 is 10.1 Å². The second-order valence-corrected chi connectivity index (χ2v) is 9.16. The molecule has 1 aliphatic carbocycles. The van der Waals surface area contributed by atoms with E-state index in [1.165, 1.54) is 22.4 Å². The fourth-order valence-electron chi connectivity index (χ4n) is 4.72. The molecular formula is C27H25BrN2O. The quantitative estimate of drug-likeness (QED) is 0.318. The molecule has 0 radical (unpaired) electrons. The molecule has 0 amide bonds. The Balaban J connectivity index is 1.36. The average molecular weight is 473 g/mol. The summed E-state index contributed by atoms with van der Waals surface area (Å²) in [7, 11) is 1.67. The van der Waals surface area contributed by atoms with Crippen LogP contribution in [0.1, 0.15) is 40.6 Å². The lowest BCUT2D eigenvalue weighted by Gasteiger charge is -2.37. The molecule has 3 atom stereocenters. The molecule has 0 unspecified atom stereocenters. The summed E-state index contributed by atoms with van der Waals surface area (Å²) < 4.78 is 6.21. The molecule has 5 rings (SSSR count). The molecule has 3 aromatic rings. The summed E-state index contributed by atoms with van der Waals surface area (Å²) in [6.45, 7) is 2.17. The largest absolute Gasteiger partial charge is 0.496 e. The lowest BCUT2D eigenvalue weighted by Crippen LogP contribution is -2.29. The van der Waals surface area contributed by atoms with Crippen LogP contribution >= 0.6 is 15.9 Å². The van der Waals surface area contributed by atoms with Gasteiger partial charge in [-0.2, -0.15) is 0 Å². The number of hydrogen-bond donors (Lipinski definition) is 1. The minimum absolute atomic E-state index is 0.311. The first-order chi connectivity index (χ1) is 15.1. The van der Waals surface area contributed by atoms with Crippen molar-refractivity contribution in [1.82, 2.24) is 0 Å². The van der Waals surface area contributed by atoms with Crippen LogP contribution in [0.25, 0.3) is 0 Å². The van der Waals surface area contributed by atoms with Crippen LogP contribution in [0, 0.1) is 12.8 Å². The molecule has 0 spiro atoms. The van der Waals surface area contributed by atoms with E-state index in [1.54, 1.807) is 7.11 Å². The molecule has 0 aromatic heterocycles. The van der Waals surface area contributed by atoms with Gasteiger partial charge in [-0.05, 0) is 88.3 Å². The number of aryl methyl sites for hydroxylation is 1. The Morgan fingerprint density at radius 3 is 2.68 bits per heavy atom. The number of methoxy groups -OCH3 is 1. The first-order valence-corrected chi connectivity index (χ1v) is 11.4. The minimum atomic E-state index is 0.311. The van der Waals surface area contributed by atoms with Crippen LogP contribution in [0.2, 0.25) is 0 Å². The van der Waals surface area contributed by atoms with Crippen LogP contribution in [0.15, 0.2) is 82.3 Å². The van der Waals surface area contributed by atoms with Crippen molar-refractivity contribution in [3.05, 3.63) is 99.5 Å². The van der Waals surface area contributed by atoms with Crippen molar-refractivity contribution in [3.8, 4) is 5.75 Å². The van der Waals surface area contributed by atoms with Gasteiger partial charge >= 0.3 is 0 Å². The number of ether oxygens (including phenoxy) is 1. The summed E-state index contributed by atoms with van der Waals surface area (Å²) in [5.41, 5.74) is 7.30. The number of aliphatic imine (C=N–C) groups is 1. The molecule has 3 nitrogen and oxygen atoms in total. The van der Waals surface area contributed by atoms with Gasteiger partial charge in [0, 0.05) is 17.8 Å². The van der Waals surface area contributed by atoms with Gasteiger partial charge in [0.2, 0.25) is 0 Å². The Morgan fingerprint density at radius 1 is 1.06 bits per heavy atom. The van der Waals surface area contributed by atoms with Crippen LogP contribution in [-0.4, -0.2) is 13.3 Å². The zero-order chi connectivity index (χ0) is 21.4. The molecule has 0 saturated heterocycles. The third-order valence-electron chi connectivity index (χ3n) is 6.31. The van der Waals surface area contributed by atoms with Crippen LogP contribution in [0.4, 0.5) is 11.4 Å². The Hall–Kier alpha value is -2.85. The highest BCUT2D eigenvalue weighted by atomic mass is 79.9. The minimum Gasteiger partial charge on any atom is -0.496 e. The van der Waals surface area contributed by atoms with Gasteiger partial charge in [-0.15, -0.1) is 0 Å². The van der Waals surface area contributed by atoms with Crippen LogP contribution in [-0.2, 0) is 0 Å². The molecule has 3 aromatic carbocycles. The summed E-state index contributed by atoms with van der Waals surface area (Å²) in [5.74, 6) is 1.87. The second kappa shape index (κ2) is 8.35. The Kier molecular flexibility index (Phi) is 5.41. The maximum atomic E-state index is 5.29. The number of anilines is 1. The van der Waals surface area contributed by atoms with Crippen molar-refractivity contribution in [2.75, 3.05) is 12.4 Å². The van der Waals surface area contributed by atoms with Crippen molar-refractivity contribution in [1.29, 1.82) is 0 Å². The smallest absolute Gasteiger partial charge is 0.133 e. The van der Waals surface area contributed by atoms with Crippen LogP contribution in [0.3, 0.4) is 0 Å². The van der Waals surface area contributed by atoms with Gasteiger partial charge in [0.25, 0.3) is 0 Å². The van der Waals surface area contributed by atoms with Gasteiger partial charge in [0.1, 0.15) is 5.75 Å². The molecule has 1 heterocycles. The van der Waals surface area contributed by atoms with E-state index < -0.39 is 0 Å². The number of allylic oxidation sites excluding steroid dienone is 2. The maximum Gasteiger partial charge on any atom is 0.133 e. The van der Waals surface area contributed by atoms with E-state index in [-0.39, 0.29) is 0 Å². The van der Waals surface area contributed by atoms with Gasteiger partial charge in [0.15, 0.2) is 0 Å². The SMILES string of the molecule is COc1ccc(C=Nc2ccc([C@@H]3Nc4ccc(C)cc4[C@H]4C=CC[C@@H]43)cc2)cc1Br. The summed E-state index contributed by atoms with van der Waals surface area (Å²) in [5, 5.41) is 3.81. The van der Waals surface area contributed by atoms with Crippen molar-refractivity contribution in [3.63, 3.8) is 0 Å². The van der Waals surface area contributed by atoms with E-state index in [9.17, 15) is 0 Å². The lowest BCUT2D eigenvalue weighted by atomic mass is 9.76. The van der Waals surface area contributed by atoms with E-state index in [2.05, 4.69) is 87.8 Å². The number of nitrogens with zero attached hydrogens (tertiary/aromatic N) is 1. The molecule has 0 fully saturated rings. The third-order valence-corrected chi connectivity index (χ3v) is 6.93. The summed E-state index contributed by atoms with van der Waals surface area (Å²) in [6.07, 6.45) is 7.73. The fourth-order valence-corrected chi connectivity index (χ4v) is 5.28. The summed E-state index contributed by atoms with van der Waals surface area (Å²) >= 11 is 3.53. The average Bonchev–Trinajstić information content (AvgIpc) is 3.28. The van der Waals surface area contributed by atoms with E-state index in [0.29, 0.717) is 17.9 Å². The predicted octanol–water partition coefficient (Wildman–Crippen LogP) is 7.34. The highest BCUT2D eigenvalue weighted by Gasteiger charge is 2.37. The Morgan fingerprint density at radius 2 is 1.90 bits per heavy atom. The van der Waals surface area contributed by atoms with Gasteiger partial charge in [-0.3, -0.25) is 4.99 Å². The van der Waals surface area contributed by atoms with E-state index in [1.807, 2.05) is 24.4 Å². The molecular weight excluding hydrogens is 448 g/mol. The molecule has 156 valence electrons. The Bertz CT molecular complexity index is 1170. The van der Waals surface area contributed by atoms with Crippen LogP contribution < -0.4 is 10.1 Å². The van der Waals surface area contributed by atoms with Crippen molar-refractivity contribution < 1.29 is 4.74 Å². The predicted molar refractivity (Wildman–Crippen MR) is 132 cm³/mol. The van der Waals surface area contributed by atoms with Gasteiger partial charge in [-0.25, -0.2) is 0 Å². The van der Waals surface area contributed by atoms with E-state index in [4.69, 9.17) is 4.74 Å². The molecule has 0 bridgehead atoms. The Labute approximate surface area is 192 Å². The van der Waals surface area contributed by atoms with Crippen LogP contribution in [0.5, 0.6) is 5.75 Å². The topological polar surface area (TPSA) is 33.6 Å². The zero-order valence-electron chi connectivity index (χ0n) is 17.7. The highest BCUT2D eigenvalue weighted by Crippen LogP contribution is 2.50. The van der Waals surface area contributed by atoms with Crippen molar-refractivity contribution in [2.24, 2.45) is 10.9 Å². The number of halogens is 1. The number of nitrogens with one attached hydrogen (secondary N) is 1. The second-order valence-electron chi connectivity index (χ2n) is 8.31. The maximum absolute atomic E-state index is 5.29. The zero-order valence-corrected chi connectivity index (χ0v) is 19.3. The standard InChI is InChI=1S/C27H25BrN2O/c1-17-6-12-25-23(14-17)21-4-3-5-22(21)27(30-25)19-8-10-20(11-9-19)29-16-18-7-13-26(31-2)24(28)15-18/h3-4,6-16,21-22,27,30H,5H2,1-2H3/t21-,22-,27-/m0/s1. The number of hydrogen-bond acceptors (Lipinski definition) is 3. The molecule has 0 saturated carbocycles.